The molecule has 3 unspecified atom stereocenters. The van der Waals surface area contributed by atoms with Crippen LogP contribution in [0.2, 0.25) is 0 Å². The molecule has 1 N–H and O–H groups in total. The molecule has 1 amide bonds. The Morgan fingerprint density at radius 3 is 2.62 bits per heavy atom. The molecule has 0 saturated carbocycles. The van der Waals surface area contributed by atoms with Gasteiger partial charge in [0.25, 0.3) is 0 Å². The van der Waals surface area contributed by atoms with Crippen LogP contribution in [-0.2, 0) is 9.53 Å². The lowest BCUT2D eigenvalue weighted by atomic mass is 10.1. The SMILES string of the molecule is C=CCNC(=O)C(C)N1CC(C)OC(C)C1. The molecule has 16 heavy (non-hydrogen) atoms. The van der Waals surface area contributed by atoms with E-state index in [0.717, 1.165) is 13.1 Å². The van der Waals surface area contributed by atoms with Crippen molar-refractivity contribution in [2.75, 3.05) is 19.6 Å². The zero-order valence-corrected chi connectivity index (χ0v) is 10.4. The zero-order chi connectivity index (χ0) is 12.1. The molecule has 1 aliphatic heterocycles. The van der Waals surface area contributed by atoms with Gasteiger partial charge < -0.3 is 10.1 Å². The fourth-order valence-electron chi connectivity index (χ4n) is 2.02. The van der Waals surface area contributed by atoms with Gasteiger partial charge in [-0.25, -0.2) is 0 Å². The summed E-state index contributed by atoms with van der Waals surface area (Å²) in [6.07, 6.45) is 2.08. The van der Waals surface area contributed by atoms with Crippen molar-refractivity contribution < 1.29 is 9.53 Å². The van der Waals surface area contributed by atoms with Crippen LogP contribution in [0, 0.1) is 0 Å². The first-order valence-corrected chi connectivity index (χ1v) is 5.82. The Labute approximate surface area is 97.6 Å². The number of hydrogen-bond donors (Lipinski definition) is 1. The molecule has 0 bridgehead atoms. The Morgan fingerprint density at radius 1 is 1.56 bits per heavy atom. The van der Waals surface area contributed by atoms with Gasteiger partial charge in [-0.1, -0.05) is 6.08 Å². The zero-order valence-electron chi connectivity index (χ0n) is 10.4. The van der Waals surface area contributed by atoms with Gasteiger partial charge >= 0.3 is 0 Å². The minimum Gasteiger partial charge on any atom is -0.373 e. The topological polar surface area (TPSA) is 41.6 Å². The van der Waals surface area contributed by atoms with E-state index in [-0.39, 0.29) is 24.2 Å². The lowest BCUT2D eigenvalue weighted by Crippen LogP contribution is -2.53. The van der Waals surface area contributed by atoms with Crippen LogP contribution in [-0.4, -0.2) is 48.7 Å². The van der Waals surface area contributed by atoms with Gasteiger partial charge in [0.2, 0.25) is 5.91 Å². The Balaban J connectivity index is 2.48. The van der Waals surface area contributed by atoms with Crippen LogP contribution in [0.5, 0.6) is 0 Å². The van der Waals surface area contributed by atoms with Crippen LogP contribution in [0.3, 0.4) is 0 Å². The van der Waals surface area contributed by atoms with E-state index in [2.05, 4.69) is 16.8 Å². The molecule has 3 atom stereocenters. The number of hydrogen-bond acceptors (Lipinski definition) is 3. The van der Waals surface area contributed by atoms with Crippen LogP contribution in [0.15, 0.2) is 12.7 Å². The van der Waals surface area contributed by atoms with E-state index >= 15 is 0 Å². The first-order chi connectivity index (χ1) is 7.54. The van der Waals surface area contributed by atoms with E-state index in [9.17, 15) is 4.79 Å². The Kier molecular flexibility index (Phi) is 4.96. The van der Waals surface area contributed by atoms with E-state index in [1.54, 1.807) is 6.08 Å². The van der Waals surface area contributed by atoms with Crippen LogP contribution in [0.1, 0.15) is 20.8 Å². The Morgan fingerprint density at radius 2 is 2.12 bits per heavy atom. The molecule has 0 aromatic heterocycles. The molecule has 0 spiro atoms. The van der Waals surface area contributed by atoms with Crippen molar-refractivity contribution in [3.8, 4) is 0 Å². The monoisotopic (exact) mass is 226 g/mol. The third-order valence-corrected chi connectivity index (χ3v) is 2.80. The van der Waals surface area contributed by atoms with E-state index < -0.39 is 0 Å². The number of rotatable bonds is 4. The molecule has 1 saturated heterocycles. The van der Waals surface area contributed by atoms with Gasteiger partial charge in [-0.2, -0.15) is 0 Å². The molecule has 4 heteroatoms. The molecule has 1 heterocycles. The second-order valence-electron chi connectivity index (χ2n) is 4.42. The first kappa shape index (κ1) is 13.2. The Bertz CT molecular complexity index is 245. The predicted octanol–water partition coefficient (Wildman–Crippen LogP) is 0.786. The van der Waals surface area contributed by atoms with Crippen molar-refractivity contribution in [1.29, 1.82) is 0 Å². The molecule has 0 radical (unpaired) electrons. The normalized spacial score (nSPS) is 28.4. The lowest BCUT2D eigenvalue weighted by Gasteiger charge is -2.38. The van der Waals surface area contributed by atoms with E-state index in [0.29, 0.717) is 6.54 Å². The van der Waals surface area contributed by atoms with Crippen molar-refractivity contribution in [3.63, 3.8) is 0 Å². The lowest BCUT2D eigenvalue weighted by molar-refractivity contribution is -0.131. The molecule has 0 aromatic carbocycles. The van der Waals surface area contributed by atoms with Gasteiger partial charge in [-0.15, -0.1) is 6.58 Å². The summed E-state index contributed by atoms with van der Waals surface area (Å²) in [4.78, 5) is 13.9. The average molecular weight is 226 g/mol. The number of morpholine rings is 1. The largest absolute Gasteiger partial charge is 0.373 e. The highest BCUT2D eigenvalue weighted by Gasteiger charge is 2.28. The molecular formula is C12H22N2O2. The molecular weight excluding hydrogens is 204 g/mol. The number of carbonyl (C=O) groups is 1. The molecule has 0 aromatic rings. The number of nitrogens with zero attached hydrogens (tertiary/aromatic N) is 1. The van der Waals surface area contributed by atoms with Crippen molar-refractivity contribution in [3.05, 3.63) is 12.7 Å². The highest BCUT2D eigenvalue weighted by Crippen LogP contribution is 2.13. The number of ether oxygens (including phenoxy) is 1. The highest BCUT2D eigenvalue weighted by atomic mass is 16.5. The standard InChI is InChI=1S/C12H22N2O2/c1-5-6-13-12(15)11(4)14-7-9(2)16-10(3)8-14/h5,9-11H,1,6-8H2,2-4H3,(H,13,15). The van der Waals surface area contributed by atoms with Crippen molar-refractivity contribution in [2.45, 2.75) is 39.0 Å². The molecule has 1 fully saturated rings. The van der Waals surface area contributed by atoms with Crippen molar-refractivity contribution in [2.24, 2.45) is 0 Å². The second-order valence-corrected chi connectivity index (χ2v) is 4.42. The van der Waals surface area contributed by atoms with E-state index in [1.165, 1.54) is 0 Å². The maximum atomic E-state index is 11.8. The van der Waals surface area contributed by atoms with E-state index in [1.807, 2.05) is 20.8 Å². The van der Waals surface area contributed by atoms with Gasteiger partial charge in [0.05, 0.1) is 18.2 Å². The highest BCUT2D eigenvalue weighted by molar-refractivity contribution is 5.81. The molecule has 4 nitrogen and oxygen atoms in total. The van der Waals surface area contributed by atoms with Gasteiger partial charge in [0.15, 0.2) is 0 Å². The molecule has 1 rings (SSSR count). The fourth-order valence-corrected chi connectivity index (χ4v) is 2.02. The number of amides is 1. The third-order valence-electron chi connectivity index (χ3n) is 2.80. The summed E-state index contributed by atoms with van der Waals surface area (Å²) in [7, 11) is 0. The summed E-state index contributed by atoms with van der Waals surface area (Å²) in [6, 6.07) is -0.103. The summed E-state index contributed by atoms with van der Waals surface area (Å²) < 4.78 is 5.64. The quantitative estimate of drug-likeness (QED) is 0.721. The number of nitrogens with one attached hydrogen (secondary N) is 1. The smallest absolute Gasteiger partial charge is 0.237 e. The number of carbonyl (C=O) groups excluding carboxylic acids is 1. The fraction of sp³-hybridized carbons (Fsp3) is 0.750. The van der Waals surface area contributed by atoms with Crippen molar-refractivity contribution >= 4 is 5.91 Å². The Hall–Kier alpha value is -0.870. The molecule has 92 valence electrons. The maximum Gasteiger partial charge on any atom is 0.237 e. The summed E-state index contributed by atoms with van der Waals surface area (Å²) >= 11 is 0. The molecule has 1 aliphatic rings. The van der Waals surface area contributed by atoms with Crippen LogP contribution in [0.25, 0.3) is 0 Å². The third kappa shape index (κ3) is 3.61. The van der Waals surface area contributed by atoms with Gasteiger partial charge in [-0.3, -0.25) is 9.69 Å². The van der Waals surface area contributed by atoms with Crippen LogP contribution < -0.4 is 5.32 Å². The van der Waals surface area contributed by atoms with Gasteiger partial charge in [0.1, 0.15) is 0 Å². The van der Waals surface area contributed by atoms with Crippen LogP contribution in [0.4, 0.5) is 0 Å². The predicted molar refractivity (Wildman–Crippen MR) is 64.3 cm³/mol. The van der Waals surface area contributed by atoms with Gasteiger partial charge in [0, 0.05) is 19.6 Å². The average Bonchev–Trinajstić information content (AvgIpc) is 2.23. The minimum atomic E-state index is -0.103. The summed E-state index contributed by atoms with van der Waals surface area (Å²) in [5, 5.41) is 2.82. The summed E-state index contributed by atoms with van der Waals surface area (Å²) in [5.74, 6) is 0.0567. The first-order valence-electron chi connectivity index (χ1n) is 5.82. The van der Waals surface area contributed by atoms with Crippen LogP contribution >= 0.6 is 0 Å². The summed E-state index contributed by atoms with van der Waals surface area (Å²) in [5.41, 5.74) is 0. The van der Waals surface area contributed by atoms with Gasteiger partial charge in [-0.05, 0) is 20.8 Å². The molecule has 0 aliphatic carbocycles. The maximum absolute atomic E-state index is 11.8. The van der Waals surface area contributed by atoms with Crippen molar-refractivity contribution in [1.82, 2.24) is 10.2 Å². The second kappa shape index (κ2) is 6.01. The van der Waals surface area contributed by atoms with E-state index in [4.69, 9.17) is 4.74 Å². The summed E-state index contributed by atoms with van der Waals surface area (Å²) in [6.45, 7) is 11.7. The minimum absolute atomic E-state index is 0.0567.